The fourth-order valence-electron chi connectivity index (χ4n) is 10.1. The highest BCUT2D eigenvalue weighted by atomic mass is 15.1. The molecule has 0 bridgehead atoms. The summed E-state index contributed by atoms with van der Waals surface area (Å²) in [5.74, 6) is 0. The number of hydrogen-bond acceptors (Lipinski definition) is 1. The van der Waals surface area contributed by atoms with Crippen molar-refractivity contribution in [2.24, 2.45) is 0 Å². The predicted octanol–water partition coefficient (Wildman–Crippen LogP) is 14.1. The molecule has 0 saturated carbocycles. The number of rotatable bonds is 4. The minimum Gasteiger partial charge on any atom is -0.310 e. The van der Waals surface area contributed by atoms with Gasteiger partial charge >= 0.3 is 0 Å². The second kappa shape index (κ2) is 11.0. The van der Waals surface area contributed by atoms with E-state index >= 15 is 0 Å². The van der Waals surface area contributed by atoms with Gasteiger partial charge in [0, 0.05) is 17.1 Å². The first kappa shape index (κ1) is 29.6. The monoisotopic (exact) mass is 683 g/mol. The molecule has 1 heteroatoms. The van der Waals surface area contributed by atoms with Crippen LogP contribution >= 0.6 is 0 Å². The molecule has 0 N–H and O–H groups in total. The second-order valence-corrected chi connectivity index (χ2v) is 14.8. The lowest BCUT2D eigenvalue weighted by Gasteiger charge is -2.40. The fourth-order valence-corrected chi connectivity index (χ4v) is 10.1. The van der Waals surface area contributed by atoms with E-state index < -0.39 is 5.41 Å². The number of benzene rings is 10. The number of fused-ring (bicyclic) bond motifs is 12. The van der Waals surface area contributed by atoms with E-state index in [2.05, 4.69) is 205 Å². The average molecular weight is 684 g/mol. The Bertz CT molecular complexity index is 3120. The van der Waals surface area contributed by atoms with Gasteiger partial charge in [0.25, 0.3) is 0 Å². The molecule has 10 aromatic carbocycles. The molecule has 10 aromatic rings. The summed E-state index contributed by atoms with van der Waals surface area (Å²) in [5, 5.41) is 10.3. The van der Waals surface area contributed by atoms with Crippen molar-refractivity contribution >= 4 is 60.2 Å². The molecule has 1 unspecified atom stereocenters. The van der Waals surface area contributed by atoms with E-state index in [9.17, 15) is 0 Å². The molecular formula is C53H33N. The first-order valence-corrected chi connectivity index (χ1v) is 18.9. The highest BCUT2D eigenvalue weighted by Gasteiger charge is 2.50. The zero-order valence-corrected chi connectivity index (χ0v) is 29.5. The van der Waals surface area contributed by atoms with Gasteiger partial charge in [0.1, 0.15) is 0 Å². The van der Waals surface area contributed by atoms with Gasteiger partial charge in [0.05, 0.1) is 5.41 Å². The van der Waals surface area contributed by atoms with Crippen molar-refractivity contribution in [3.63, 3.8) is 0 Å². The van der Waals surface area contributed by atoms with Crippen LogP contribution in [0.5, 0.6) is 0 Å². The van der Waals surface area contributed by atoms with Crippen molar-refractivity contribution in [2.45, 2.75) is 5.41 Å². The van der Waals surface area contributed by atoms with Crippen molar-refractivity contribution < 1.29 is 0 Å². The van der Waals surface area contributed by atoms with E-state index in [1.807, 2.05) is 0 Å². The molecule has 250 valence electrons. The van der Waals surface area contributed by atoms with Crippen LogP contribution in [0.3, 0.4) is 0 Å². The van der Waals surface area contributed by atoms with Crippen molar-refractivity contribution in [3.05, 3.63) is 222 Å². The van der Waals surface area contributed by atoms with E-state index in [0.717, 1.165) is 17.1 Å². The fraction of sp³-hybridized carbons (Fsp3) is 0.0189. The van der Waals surface area contributed by atoms with Crippen LogP contribution in [0.4, 0.5) is 17.1 Å². The van der Waals surface area contributed by atoms with Gasteiger partial charge in [-0.2, -0.15) is 0 Å². The molecule has 1 nitrogen and oxygen atoms in total. The normalized spacial score (nSPS) is 15.1. The highest BCUT2D eigenvalue weighted by molar-refractivity contribution is 6.26. The van der Waals surface area contributed by atoms with Crippen LogP contribution in [0.2, 0.25) is 0 Å². The standard InChI is InChI=1S/C53H33N/c1-3-15-35(16-4-1)53-49-25-12-11-23-44(49)46-24-13-14-34-26-29-47(52(53)51(34)46)45-31-28-38(33-50(45)53)54(36-17-5-2-6-18-36)37-27-30-43-41-21-8-7-19-39(41)40-20-9-10-22-42(40)48(43)32-37/h1-33H. The quantitative estimate of drug-likeness (QED) is 0.167. The molecule has 0 spiro atoms. The van der Waals surface area contributed by atoms with E-state index in [4.69, 9.17) is 0 Å². The SMILES string of the molecule is c1ccc(N(c2ccc3c(c2)C2(c4ccccc4)c4ccccc4-c4cccc5ccc-3c2c45)c2ccc3c4ccccc4c4ccccc4c3c2)cc1. The number of anilines is 3. The summed E-state index contributed by atoms with van der Waals surface area (Å²) < 4.78 is 0. The zero-order valence-electron chi connectivity index (χ0n) is 29.5. The summed E-state index contributed by atoms with van der Waals surface area (Å²) >= 11 is 0. The van der Waals surface area contributed by atoms with Crippen LogP contribution in [-0.2, 0) is 5.41 Å². The average Bonchev–Trinajstić information content (AvgIpc) is 3.55. The zero-order chi connectivity index (χ0) is 35.4. The van der Waals surface area contributed by atoms with Crippen LogP contribution in [-0.4, -0.2) is 0 Å². The molecule has 2 aliphatic carbocycles. The molecule has 0 aliphatic heterocycles. The Balaban J connectivity index is 1.17. The largest absolute Gasteiger partial charge is 0.310 e. The minimum absolute atomic E-state index is 0.479. The lowest BCUT2D eigenvalue weighted by atomic mass is 9.62. The van der Waals surface area contributed by atoms with E-state index in [0.29, 0.717) is 0 Å². The molecule has 12 rings (SSSR count). The molecule has 0 radical (unpaired) electrons. The van der Waals surface area contributed by atoms with Gasteiger partial charge in [-0.05, 0) is 124 Å². The lowest BCUT2D eigenvalue weighted by molar-refractivity contribution is 0.773. The van der Waals surface area contributed by atoms with E-state index in [1.54, 1.807) is 0 Å². The van der Waals surface area contributed by atoms with Gasteiger partial charge in [-0.1, -0.05) is 164 Å². The Morgan fingerprint density at radius 1 is 0.315 bits per heavy atom. The van der Waals surface area contributed by atoms with Gasteiger partial charge in [0.15, 0.2) is 0 Å². The summed E-state index contributed by atoms with van der Waals surface area (Å²) in [6, 6.07) is 74.6. The maximum absolute atomic E-state index is 2.49. The molecule has 54 heavy (non-hydrogen) atoms. The molecule has 2 aliphatic rings. The van der Waals surface area contributed by atoms with Gasteiger partial charge in [-0.15, -0.1) is 0 Å². The summed E-state index contributed by atoms with van der Waals surface area (Å²) in [5.41, 5.74) is 13.6. The third kappa shape index (κ3) is 3.83. The van der Waals surface area contributed by atoms with Crippen LogP contribution in [0, 0.1) is 0 Å². The van der Waals surface area contributed by atoms with E-state index in [-0.39, 0.29) is 0 Å². The van der Waals surface area contributed by atoms with Crippen LogP contribution in [0.1, 0.15) is 22.3 Å². The Hall–Kier alpha value is -6.96. The van der Waals surface area contributed by atoms with Crippen molar-refractivity contribution in [2.75, 3.05) is 4.90 Å². The molecule has 0 fully saturated rings. The van der Waals surface area contributed by atoms with Crippen molar-refractivity contribution in [1.29, 1.82) is 0 Å². The van der Waals surface area contributed by atoms with E-state index in [1.165, 1.54) is 87.6 Å². The van der Waals surface area contributed by atoms with Crippen LogP contribution in [0.15, 0.2) is 200 Å². The number of hydrogen-bond donors (Lipinski definition) is 0. The molecule has 1 atom stereocenters. The summed E-state index contributed by atoms with van der Waals surface area (Å²) in [6.07, 6.45) is 0. The molecule has 0 aromatic heterocycles. The molecule has 0 saturated heterocycles. The third-order valence-electron chi connectivity index (χ3n) is 12.2. The Kier molecular flexibility index (Phi) is 6.04. The van der Waals surface area contributed by atoms with Crippen LogP contribution in [0.25, 0.3) is 65.3 Å². The lowest BCUT2D eigenvalue weighted by Crippen LogP contribution is -2.31. The van der Waals surface area contributed by atoms with Gasteiger partial charge in [-0.3, -0.25) is 0 Å². The van der Waals surface area contributed by atoms with Crippen molar-refractivity contribution in [1.82, 2.24) is 0 Å². The van der Waals surface area contributed by atoms with Gasteiger partial charge < -0.3 is 4.90 Å². The Morgan fingerprint density at radius 3 is 1.63 bits per heavy atom. The summed E-state index contributed by atoms with van der Waals surface area (Å²) in [7, 11) is 0. The second-order valence-electron chi connectivity index (χ2n) is 14.8. The third-order valence-corrected chi connectivity index (χ3v) is 12.2. The summed E-state index contributed by atoms with van der Waals surface area (Å²) in [4.78, 5) is 2.45. The first-order chi connectivity index (χ1) is 26.8. The van der Waals surface area contributed by atoms with Crippen LogP contribution < -0.4 is 4.90 Å². The Morgan fingerprint density at radius 2 is 0.870 bits per heavy atom. The predicted molar refractivity (Wildman–Crippen MR) is 227 cm³/mol. The molecule has 0 amide bonds. The smallest absolute Gasteiger partial charge is 0.0726 e. The summed E-state index contributed by atoms with van der Waals surface area (Å²) in [6.45, 7) is 0. The Labute approximate surface area is 314 Å². The maximum Gasteiger partial charge on any atom is 0.0726 e. The minimum atomic E-state index is -0.479. The molecular weight excluding hydrogens is 651 g/mol. The number of nitrogens with zero attached hydrogens (tertiary/aromatic N) is 1. The van der Waals surface area contributed by atoms with Crippen molar-refractivity contribution in [3.8, 4) is 22.3 Å². The van der Waals surface area contributed by atoms with Gasteiger partial charge in [-0.25, -0.2) is 0 Å². The first-order valence-electron chi connectivity index (χ1n) is 18.9. The topological polar surface area (TPSA) is 3.24 Å². The highest BCUT2D eigenvalue weighted by Crippen LogP contribution is 2.63. The molecule has 0 heterocycles. The number of para-hydroxylation sites is 1. The maximum atomic E-state index is 2.49. The van der Waals surface area contributed by atoms with Gasteiger partial charge in [0.2, 0.25) is 0 Å².